The first kappa shape index (κ1) is 15.7. The highest BCUT2D eigenvalue weighted by Crippen LogP contribution is 2.12. The van der Waals surface area contributed by atoms with E-state index in [4.69, 9.17) is 4.74 Å². The van der Waals surface area contributed by atoms with E-state index in [9.17, 15) is 14.4 Å². The molecule has 22 heavy (non-hydrogen) atoms. The molecule has 1 aromatic heterocycles. The van der Waals surface area contributed by atoms with Crippen molar-refractivity contribution in [2.75, 3.05) is 19.7 Å². The summed E-state index contributed by atoms with van der Waals surface area (Å²) in [6.07, 6.45) is 2.42. The Morgan fingerprint density at radius 1 is 1.45 bits per heavy atom. The molecule has 0 unspecified atom stereocenters. The average Bonchev–Trinajstić information content (AvgIpc) is 2.54. The Kier molecular flexibility index (Phi) is 5.29. The van der Waals surface area contributed by atoms with Gasteiger partial charge in [0.05, 0.1) is 0 Å². The Morgan fingerprint density at radius 3 is 2.77 bits per heavy atom. The van der Waals surface area contributed by atoms with E-state index in [1.165, 1.54) is 18.2 Å². The van der Waals surface area contributed by atoms with E-state index in [2.05, 4.69) is 22.1 Å². The van der Waals surface area contributed by atoms with Crippen LogP contribution in [0.25, 0.3) is 0 Å². The Balaban J connectivity index is 1.80. The van der Waals surface area contributed by atoms with Crippen LogP contribution in [0.5, 0.6) is 0 Å². The van der Waals surface area contributed by atoms with Crippen molar-refractivity contribution in [3.63, 3.8) is 0 Å². The van der Waals surface area contributed by atoms with Crippen LogP contribution in [-0.2, 0) is 4.74 Å². The monoisotopic (exact) mass is 306 g/mol. The van der Waals surface area contributed by atoms with Gasteiger partial charge in [0.25, 0.3) is 11.5 Å². The van der Waals surface area contributed by atoms with Crippen molar-refractivity contribution in [2.45, 2.75) is 18.9 Å². The largest absolute Gasteiger partial charge is 0.445 e. The first-order valence-corrected chi connectivity index (χ1v) is 6.99. The number of piperidine rings is 1. The fourth-order valence-electron chi connectivity index (χ4n) is 2.16. The fourth-order valence-corrected chi connectivity index (χ4v) is 2.16. The second kappa shape index (κ2) is 7.39. The molecule has 2 N–H and O–H groups in total. The highest BCUT2D eigenvalue weighted by Gasteiger charge is 2.25. The number of nitrogens with one attached hydrogen (secondary N) is 2. The molecule has 2 heterocycles. The normalized spacial score (nSPS) is 15.2. The van der Waals surface area contributed by atoms with E-state index in [1.807, 2.05) is 0 Å². The molecule has 0 atom stereocenters. The number of likely N-dealkylation sites (tertiary alicyclic amines) is 1. The van der Waals surface area contributed by atoms with Crippen LogP contribution in [-0.4, -0.2) is 52.8 Å². The number of hydrogen-bond acceptors (Lipinski definition) is 5. The van der Waals surface area contributed by atoms with Gasteiger partial charge in [-0.1, -0.05) is 12.7 Å². The molecule has 8 nitrogen and oxygen atoms in total. The zero-order valence-corrected chi connectivity index (χ0v) is 12.1. The van der Waals surface area contributed by atoms with Crippen LogP contribution in [0.15, 0.2) is 29.6 Å². The molecule has 2 amide bonds. The summed E-state index contributed by atoms with van der Waals surface area (Å²) in [7, 11) is 0. The van der Waals surface area contributed by atoms with Crippen LogP contribution in [0.1, 0.15) is 23.3 Å². The molecule has 1 aliphatic heterocycles. The van der Waals surface area contributed by atoms with Gasteiger partial charge in [-0.3, -0.25) is 9.59 Å². The summed E-state index contributed by atoms with van der Waals surface area (Å²) in [5.41, 5.74) is -0.199. The first-order chi connectivity index (χ1) is 10.6. The van der Waals surface area contributed by atoms with Gasteiger partial charge in [-0.25, -0.2) is 9.89 Å². The number of aromatic amines is 1. The molecule has 1 saturated heterocycles. The molecule has 1 aliphatic rings. The molecule has 0 bridgehead atoms. The predicted molar refractivity (Wildman–Crippen MR) is 78.5 cm³/mol. The fraction of sp³-hybridized carbons (Fsp3) is 0.429. The standard InChI is InChI=1S/C14H18N4O4/c1-2-9-22-14(21)18-7-5-10(6-8-18)15-13(20)11-3-4-12(19)17-16-11/h2-4,10H,1,5-9H2,(H,15,20)(H,17,19). The van der Waals surface area contributed by atoms with Crippen molar-refractivity contribution in [1.29, 1.82) is 0 Å². The number of aromatic nitrogens is 2. The zero-order chi connectivity index (χ0) is 15.9. The van der Waals surface area contributed by atoms with Crippen molar-refractivity contribution < 1.29 is 14.3 Å². The lowest BCUT2D eigenvalue weighted by Crippen LogP contribution is -2.46. The molecule has 1 fully saturated rings. The van der Waals surface area contributed by atoms with Crippen LogP contribution in [0, 0.1) is 0 Å². The average molecular weight is 306 g/mol. The van der Waals surface area contributed by atoms with Gasteiger partial charge in [-0.05, 0) is 18.9 Å². The molecular weight excluding hydrogens is 288 g/mol. The lowest BCUT2D eigenvalue weighted by molar-refractivity contribution is 0.0869. The number of nitrogens with zero attached hydrogens (tertiary/aromatic N) is 2. The van der Waals surface area contributed by atoms with Gasteiger partial charge in [-0.2, -0.15) is 5.10 Å². The second-order valence-corrected chi connectivity index (χ2v) is 4.91. The maximum Gasteiger partial charge on any atom is 0.410 e. The van der Waals surface area contributed by atoms with E-state index in [0.29, 0.717) is 25.9 Å². The highest BCUT2D eigenvalue weighted by molar-refractivity contribution is 5.92. The third kappa shape index (κ3) is 4.18. The molecule has 0 spiro atoms. The summed E-state index contributed by atoms with van der Waals surface area (Å²) in [5, 5.41) is 8.73. The van der Waals surface area contributed by atoms with E-state index in [1.54, 1.807) is 4.90 Å². The van der Waals surface area contributed by atoms with E-state index < -0.39 is 0 Å². The lowest BCUT2D eigenvalue weighted by atomic mass is 10.1. The quantitative estimate of drug-likeness (QED) is 0.778. The van der Waals surface area contributed by atoms with Crippen molar-refractivity contribution >= 4 is 12.0 Å². The summed E-state index contributed by atoms with van der Waals surface area (Å²) in [4.78, 5) is 36.1. The van der Waals surface area contributed by atoms with Crippen LogP contribution >= 0.6 is 0 Å². The van der Waals surface area contributed by atoms with Gasteiger partial charge in [0.1, 0.15) is 12.3 Å². The summed E-state index contributed by atoms with van der Waals surface area (Å²) >= 11 is 0. The topological polar surface area (TPSA) is 104 Å². The summed E-state index contributed by atoms with van der Waals surface area (Å²) in [6.45, 7) is 4.70. The molecule has 0 radical (unpaired) electrons. The molecule has 1 aromatic rings. The molecule has 2 rings (SSSR count). The van der Waals surface area contributed by atoms with E-state index in [0.717, 1.165) is 0 Å². The van der Waals surface area contributed by atoms with Crippen LogP contribution in [0.4, 0.5) is 4.79 Å². The van der Waals surface area contributed by atoms with Gasteiger partial charge in [0.2, 0.25) is 0 Å². The van der Waals surface area contributed by atoms with Crippen LogP contribution in [0.3, 0.4) is 0 Å². The number of carbonyl (C=O) groups is 2. The van der Waals surface area contributed by atoms with Crippen molar-refractivity contribution in [3.8, 4) is 0 Å². The SMILES string of the molecule is C=CCOC(=O)N1CCC(NC(=O)c2ccc(=O)[nH]n2)CC1. The van der Waals surface area contributed by atoms with Crippen molar-refractivity contribution in [3.05, 3.63) is 40.8 Å². The van der Waals surface area contributed by atoms with Crippen LogP contribution in [0.2, 0.25) is 0 Å². The van der Waals surface area contributed by atoms with Gasteiger partial charge < -0.3 is 15.0 Å². The molecule has 0 aromatic carbocycles. The second-order valence-electron chi connectivity index (χ2n) is 4.91. The maximum atomic E-state index is 12.0. The highest BCUT2D eigenvalue weighted by atomic mass is 16.6. The molecule has 0 saturated carbocycles. The number of hydrogen-bond donors (Lipinski definition) is 2. The van der Waals surface area contributed by atoms with Gasteiger partial charge in [0.15, 0.2) is 0 Å². The third-order valence-electron chi connectivity index (χ3n) is 3.32. The van der Waals surface area contributed by atoms with Gasteiger partial charge in [0, 0.05) is 25.2 Å². The zero-order valence-electron chi connectivity index (χ0n) is 12.1. The minimum atomic E-state index is -0.369. The number of rotatable bonds is 4. The number of amides is 2. The first-order valence-electron chi connectivity index (χ1n) is 6.99. The molecule has 8 heteroatoms. The summed E-state index contributed by atoms with van der Waals surface area (Å²) in [5.74, 6) is -0.344. The Bertz CT molecular complexity index is 585. The third-order valence-corrected chi connectivity index (χ3v) is 3.32. The Labute approximate surface area is 127 Å². The smallest absolute Gasteiger partial charge is 0.410 e. The maximum absolute atomic E-state index is 12.0. The van der Waals surface area contributed by atoms with Crippen molar-refractivity contribution in [2.24, 2.45) is 0 Å². The summed E-state index contributed by atoms with van der Waals surface area (Å²) < 4.78 is 4.97. The minimum Gasteiger partial charge on any atom is -0.445 e. The number of ether oxygens (including phenoxy) is 1. The predicted octanol–water partition coefficient (Wildman–Crippen LogP) is 0.287. The minimum absolute atomic E-state index is 0.0373. The number of carbonyl (C=O) groups excluding carboxylic acids is 2. The van der Waals surface area contributed by atoms with E-state index >= 15 is 0 Å². The summed E-state index contributed by atoms with van der Waals surface area (Å²) in [6, 6.07) is 2.58. The number of H-pyrrole nitrogens is 1. The Morgan fingerprint density at radius 2 is 2.18 bits per heavy atom. The molecule has 118 valence electrons. The molecular formula is C14H18N4O4. The molecule has 0 aliphatic carbocycles. The lowest BCUT2D eigenvalue weighted by Gasteiger charge is -2.31. The van der Waals surface area contributed by atoms with Gasteiger partial charge >= 0.3 is 6.09 Å². The van der Waals surface area contributed by atoms with Crippen LogP contribution < -0.4 is 10.9 Å². The van der Waals surface area contributed by atoms with E-state index in [-0.39, 0.29) is 35.9 Å². The van der Waals surface area contributed by atoms with Crippen molar-refractivity contribution in [1.82, 2.24) is 20.4 Å². The Hall–Kier alpha value is -2.64. The van der Waals surface area contributed by atoms with Gasteiger partial charge in [-0.15, -0.1) is 0 Å².